The third-order valence-electron chi connectivity index (χ3n) is 3.40. The Labute approximate surface area is 114 Å². The highest BCUT2D eigenvalue weighted by Gasteiger charge is 2.16. The lowest BCUT2D eigenvalue weighted by atomic mass is 9.95. The highest BCUT2D eigenvalue weighted by molar-refractivity contribution is 5.52. The fraction of sp³-hybridized carbons (Fsp3) is 0.294. The van der Waals surface area contributed by atoms with Crippen molar-refractivity contribution in [1.82, 2.24) is 0 Å². The fourth-order valence-electron chi connectivity index (χ4n) is 2.23. The molecule has 19 heavy (non-hydrogen) atoms. The van der Waals surface area contributed by atoms with Crippen molar-refractivity contribution >= 4 is 5.69 Å². The molecule has 100 valence electrons. The average molecular weight is 257 g/mol. The van der Waals surface area contributed by atoms with Crippen LogP contribution in [0.5, 0.6) is 0 Å². The van der Waals surface area contributed by atoms with E-state index in [1.807, 2.05) is 24.3 Å². The van der Waals surface area contributed by atoms with Crippen LogP contribution in [-0.4, -0.2) is 0 Å². The Morgan fingerprint density at radius 2 is 1.63 bits per heavy atom. The SMILES string of the molecule is Cc1c(F)cccc1NC(c1ccccc1)C(C)C. The van der Waals surface area contributed by atoms with Crippen molar-refractivity contribution in [2.75, 3.05) is 5.32 Å². The summed E-state index contributed by atoms with van der Waals surface area (Å²) in [5, 5.41) is 3.46. The van der Waals surface area contributed by atoms with Crippen molar-refractivity contribution < 1.29 is 4.39 Å². The van der Waals surface area contributed by atoms with Gasteiger partial charge in [-0.25, -0.2) is 4.39 Å². The van der Waals surface area contributed by atoms with Gasteiger partial charge < -0.3 is 5.32 Å². The Hall–Kier alpha value is -1.83. The second-order valence-corrected chi connectivity index (χ2v) is 5.19. The van der Waals surface area contributed by atoms with Gasteiger partial charge in [0.2, 0.25) is 0 Å². The smallest absolute Gasteiger partial charge is 0.128 e. The van der Waals surface area contributed by atoms with Crippen LogP contribution in [-0.2, 0) is 0 Å². The number of benzene rings is 2. The third kappa shape index (κ3) is 3.14. The Balaban J connectivity index is 2.30. The van der Waals surface area contributed by atoms with Crippen molar-refractivity contribution in [3.8, 4) is 0 Å². The number of hydrogen-bond acceptors (Lipinski definition) is 1. The molecule has 0 amide bonds. The van der Waals surface area contributed by atoms with Crippen LogP contribution in [0.4, 0.5) is 10.1 Å². The predicted octanol–water partition coefficient (Wildman–Crippen LogP) is 4.94. The van der Waals surface area contributed by atoms with Gasteiger partial charge in [-0.2, -0.15) is 0 Å². The summed E-state index contributed by atoms with van der Waals surface area (Å²) >= 11 is 0. The first kappa shape index (κ1) is 13.6. The van der Waals surface area contributed by atoms with Crippen molar-refractivity contribution in [2.24, 2.45) is 5.92 Å². The summed E-state index contributed by atoms with van der Waals surface area (Å²) in [5.41, 5.74) is 2.76. The Kier molecular flexibility index (Phi) is 4.20. The Morgan fingerprint density at radius 1 is 0.947 bits per heavy atom. The number of hydrogen-bond donors (Lipinski definition) is 1. The van der Waals surface area contributed by atoms with Crippen molar-refractivity contribution in [3.05, 3.63) is 65.5 Å². The van der Waals surface area contributed by atoms with E-state index in [9.17, 15) is 4.39 Å². The van der Waals surface area contributed by atoms with Crippen LogP contribution in [0.1, 0.15) is 31.0 Å². The maximum absolute atomic E-state index is 13.6. The number of nitrogens with one attached hydrogen (secondary N) is 1. The minimum absolute atomic E-state index is 0.166. The molecule has 2 heteroatoms. The molecule has 1 atom stereocenters. The Bertz CT molecular complexity index is 534. The predicted molar refractivity (Wildman–Crippen MR) is 78.8 cm³/mol. The molecule has 2 rings (SSSR count). The van der Waals surface area contributed by atoms with Crippen LogP contribution in [0.2, 0.25) is 0 Å². The molecule has 0 fully saturated rings. The van der Waals surface area contributed by atoms with Gasteiger partial charge >= 0.3 is 0 Å². The lowest BCUT2D eigenvalue weighted by Gasteiger charge is -2.25. The van der Waals surface area contributed by atoms with Crippen molar-refractivity contribution in [1.29, 1.82) is 0 Å². The van der Waals surface area contributed by atoms with Gasteiger partial charge in [-0.1, -0.05) is 50.2 Å². The Morgan fingerprint density at radius 3 is 2.26 bits per heavy atom. The third-order valence-corrected chi connectivity index (χ3v) is 3.40. The van der Waals surface area contributed by atoms with E-state index in [-0.39, 0.29) is 11.9 Å². The molecule has 0 spiro atoms. The van der Waals surface area contributed by atoms with Crippen LogP contribution >= 0.6 is 0 Å². The summed E-state index contributed by atoms with van der Waals surface area (Å²) < 4.78 is 13.6. The van der Waals surface area contributed by atoms with Crippen LogP contribution in [0.3, 0.4) is 0 Å². The molecule has 0 aliphatic carbocycles. The van der Waals surface area contributed by atoms with Gasteiger partial charge in [0.25, 0.3) is 0 Å². The summed E-state index contributed by atoms with van der Waals surface area (Å²) in [6.07, 6.45) is 0. The molecule has 0 saturated carbocycles. The van der Waals surface area contributed by atoms with E-state index in [1.54, 1.807) is 13.0 Å². The molecule has 0 aromatic heterocycles. The summed E-state index contributed by atoms with van der Waals surface area (Å²) in [7, 11) is 0. The second kappa shape index (κ2) is 5.87. The van der Waals surface area contributed by atoms with Crippen LogP contribution in [0, 0.1) is 18.7 Å². The summed E-state index contributed by atoms with van der Waals surface area (Å²) in [6, 6.07) is 15.6. The minimum atomic E-state index is -0.166. The molecule has 1 unspecified atom stereocenters. The molecule has 2 aromatic rings. The zero-order chi connectivity index (χ0) is 13.8. The van der Waals surface area contributed by atoms with E-state index >= 15 is 0 Å². The van der Waals surface area contributed by atoms with Gasteiger partial charge in [0.05, 0.1) is 6.04 Å². The van der Waals surface area contributed by atoms with E-state index in [4.69, 9.17) is 0 Å². The summed E-state index contributed by atoms with van der Waals surface area (Å²) in [6.45, 7) is 6.14. The van der Waals surface area contributed by atoms with E-state index in [1.165, 1.54) is 11.6 Å². The quantitative estimate of drug-likeness (QED) is 0.817. The highest BCUT2D eigenvalue weighted by atomic mass is 19.1. The largest absolute Gasteiger partial charge is 0.378 e. The first-order valence-corrected chi connectivity index (χ1v) is 6.66. The summed E-state index contributed by atoms with van der Waals surface area (Å²) in [5.74, 6) is 0.255. The number of halogens is 1. The van der Waals surface area contributed by atoms with Crippen LogP contribution < -0.4 is 5.32 Å². The molecular weight excluding hydrogens is 237 g/mol. The van der Waals surface area contributed by atoms with Gasteiger partial charge in [-0.15, -0.1) is 0 Å². The molecule has 0 radical (unpaired) electrons. The molecule has 2 aromatic carbocycles. The monoisotopic (exact) mass is 257 g/mol. The molecule has 1 N–H and O–H groups in total. The highest BCUT2D eigenvalue weighted by Crippen LogP contribution is 2.28. The van der Waals surface area contributed by atoms with Gasteiger partial charge in [0, 0.05) is 11.3 Å². The summed E-state index contributed by atoms with van der Waals surface area (Å²) in [4.78, 5) is 0. The van der Waals surface area contributed by atoms with Crippen LogP contribution in [0.15, 0.2) is 48.5 Å². The van der Waals surface area contributed by atoms with E-state index in [2.05, 4.69) is 31.3 Å². The number of anilines is 1. The van der Waals surface area contributed by atoms with E-state index in [0.29, 0.717) is 11.5 Å². The van der Waals surface area contributed by atoms with E-state index in [0.717, 1.165) is 5.69 Å². The molecule has 0 aliphatic heterocycles. The molecular formula is C17H20FN. The van der Waals surface area contributed by atoms with Crippen LogP contribution in [0.25, 0.3) is 0 Å². The molecule has 1 nitrogen and oxygen atoms in total. The van der Waals surface area contributed by atoms with Crippen molar-refractivity contribution in [2.45, 2.75) is 26.8 Å². The van der Waals surface area contributed by atoms with Crippen molar-refractivity contribution in [3.63, 3.8) is 0 Å². The van der Waals surface area contributed by atoms with Gasteiger partial charge in [-0.3, -0.25) is 0 Å². The maximum Gasteiger partial charge on any atom is 0.128 e. The first-order chi connectivity index (χ1) is 9.09. The van der Waals surface area contributed by atoms with Gasteiger partial charge in [-0.05, 0) is 30.5 Å². The molecule has 0 aliphatic rings. The topological polar surface area (TPSA) is 12.0 Å². The average Bonchev–Trinajstić information content (AvgIpc) is 2.41. The number of rotatable bonds is 4. The minimum Gasteiger partial charge on any atom is -0.378 e. The maximum atomic E-state index is 13.6. The normalized spacial score (nSPS) is 12.5. The molecule has 0 bridgehead atoms. The molecule has 0 heterocycles. The zero-order valence-electron chi connectivity index (χ0n) is 11.7. The zero-order valence-corrected chi connectivity index (χ0v) is 11.7. The lowest BCUT2D eigenvalue weighted by molar-refractivity contribution is 0.545. The van der Waals surface area contributed by atoms with E-state index < -0.39 is 0 Å². The standard InChI is InChI=1S/C17H20FN/c1-12(2)17(14-8-5-4-6-9-14)19-16-11-7-10-15(18)13(16)3/h4-12,17,19H,1-3H3. The molecule has 0 saturated heterocycles. The second-order valence-electron chi connectivity index (χ2n) is 5.19. The first-order valence-electron chi connectivity index (χ1n) is 6.66. The fourth-order valence-corrected chi connectivity index (χ4v) is 2.23. The van der Waals surface area contributed by atoms with Gasteiger partial charge in [0.1, 0.15) is 5.82 Å². The van der Waals surface area contributed by atoms with Gasteiger partial charge in [0.15, 0.2) is 0 Å². The lowest BCUT2D eigenvalue weighted by Crippen LogP contribution is -2.17.